The average Bonchev–Trinajstić information content (AvgIpc) is 3.00. The van der Waals surface area contributed by atoms with Crippen LogP contribution in [0.2, 0.25) is 10.0 Å². The van der Waals surface area contributed by atoms with Crippen molar-refractivity contribution in [1.29, 1.82) is 0 Å². The largest absolute Gasteiger partial charge is 0.325 e. The SMILES string of the molecule is CC(Sc1ccc(NC(=O)/C(=C/c2cccc(Cl)c2Cl)NC(=O)c2ccccc2)cc1)C(=O)Nc1ccc(C(C)C)cc1. The van der Waals surface area contributed by atoms with Crippen LogP contribution in [0.4, 0.5) is 11.4 Å². The second-order valence-electron chi connectivity index (χ2n) is 10.0. The fraction of sp³-hybridized carbons (Fsp3) is 0.147. The highest BCUT2D eigenvalue weighted by Crippen LogP contribution is 2.28. The van der Waals surface area contributed by atoms with Gasteiger partial charge in [-0.1, -0.05) is 79.5 Å². The Hall–Kier alpha value is -4.04. The fourth-order valence-corrected chi connectivity index (χ4v) is 5.23. The predicted molar refractivity (Wildman–Crippen MR) is 178 cm³/mol. The molecule has 0 aromatic heterocycles. The Bertz CT molecular complexity index is 1620. The highest BCUT2D eigenvalue weighted by atomic mass is 35.5. The summed E-state index contributed by atoms with van der Waals surface area (Å²) in [5.74, 6) is -0.681. The van der Waals surface area contributed by atoms with Gasteiger partial charge in [-0.25, -0.2) is 0 Å². The van der Waals surface area contributed by atoms with Gasteiger partial charge >= 0.3 is 0 Å². The Morgan fingerprint density at radius 1 is 0.744 bits per heavy atom. The van der Waals surface area contributed by atoms with E-state index in [9.17, 15) is 14.4 Å². The minimum atomic E-state index is -0.544. The summed E-state index contributed by atoms with van der Waals surface area (Å²) in [4.78, 5) is 39.8. The van der Waals surface area contributed by atoms with Gasteiger partial charge in [0.05, 0.1) is 15.3 Å². The van der Waals surface area contributed by atoms with Crippen molar-refractivity contribution in [2.24, 2.45) is 0 Å². The molecule has 0 spiro atoms. The molecule has 4 aromatic rings. The van der Waals surface area contributed by atoms with Crippen molar-refractivity contribution in [1.82, 2.24) is 5.32 Å². The number of rotatable bonds is 10. The lowest BCUT2D eigenvalue weighted by Gasteiger charge is -2.14. The lowest BCUT2D eigenvalue weighted by atomic mass is 10.0. The number of carbonyl (C=O) groups is 3. The van der Waals surface area contributed by atoms with Crippen molar-refractivity contribution in [3.05, 3.63) is 129 Å². The normalized spacial score (nSPS) is 12.0. The molecule has 0 aliphatic rings. The molecule has 0 radical (unpaired) electrons. The molecule has 9 heteroatoms. The number of thioether (sulfide) groups is 1. The van der Waals surface area contributed by atoms with Crippen LogP contribution in [-0.4, -0.2) is 23.0 Å². The lowest BCUT2D eigenvalue weighted by Crippen LogP contribution is -2.30. The first-order chi connectivity index (χ1) is 20.6. The smallest absolute Gasteiger partial charge is 0.272 e. The number of hydrogen-bond donors (Lipinski definition) is 3. The Morgan fingerprint density at radius 2 is 1.37 bits per heavy atom. The molecule has 4 rings (SSSR count). The molecule has 0 heterocycles. The Kier molecular flexibility index (Phi) is 11.1. The van der Waals surface area contributed by atoms with E-state index in [2.05, 4.69) is 29.8 Å². The maximum atomic E-state index is 13.3. The van der Waals surface area contributed by atoms with Gasteiger partial charge in [-0.2, -0.15) is 0 Å². The number of carbonyl (C=O) groups excluding carboxylic acids is 3. The molecule has 1 atom stereocenters. The Labute approximate surface area is 265 Å². The molecular weight excluding hydrogens is 601 g/mol. The molecule has 6 nitrogen and oxygen atoms in total. The van der Waals surface area contributed by atoms with Gasteiger partial charge in [-0.3, -0.25) is 14.4 Å². The summed E-state index contributed by atoms with van der Waals surface area (Å²) in [6, 6.07) is 28.6. The van der Waals surface area contributed by atoms with Crippen LogP contribution in [0.3, 0.4) is 0 Å². The number of amides is 3. The highest BCUT2D eigenvalue weighted by molar-refractivity contribution is 8.00. The molecule has 0 aliphatic carbocycles. The first kappa shape index (κ1) is 31.9. The monoisotopic (exact) mass is 631 g/mol. The van der Waals surface area contributed by atoms with Gasteiger partial charge in [0.25, 0.3) is 11.8 Å². The van der Waals surface area contributed by atoms with Gasteiger partial charge in [-0.15, -0.1) is 11.8 Å². The second kappa shape index (κ2) is 14.9. The summed E-state index contributed by atoms with van der Waals surface area (Å²) in [7, 11) is 0. The molecule has 0 saturated heterocycles. The molecule has 0 fully saturated rings. The van der Waals surface area contributed by atoms with E-state index in [1.807, 2.05) is 43.3 Å². The van der Waals surface area contributed by atoms with Gasteiger partial charge in [0.1, 0.15) is 5.70 Å². The van der Waals surface area contributed by atoms with E-state index in [0.717, 1.165) is 10.6 Å². The second-order valence-corrected chi connectivity index (χ2v) is 12.2. The average molecular weight is 633 g/mol. The van der Waals surface area contributed by atoms with Crippen LogP contribution in [0.25, 0.3) is 6.08 Å². The minimum absolute atomic E-state index is 0.0109. The quantitative estimate of drug-likeness (QED) is 0.121. The molecular formula is C34H31Cl2N3O3S. The topological polar surface area (TPSA) is 87.3 Å². The molecule has 43 heavy (non-hydrogen) atoms. The van der Waals surface area contributed by atoms with Crippen LogP contribution in [0.1, 0.15) is 48.2 Å². The number of anilines is 2. The first-order valence-electron chi connectivity index (χ1n) is 13.6. The van der Waals surface area contributed by atoms with Gasteiger partial charge in [-0.05, 0) is 84.6 Å². The number of benzene rings is 4. The predicted octanol–water partition coefficient (Wildman–Crippen LogP) is 8.65. The summed E-state index contributed by atoms with van der Waals surface area (Å²) in [5, 5.41) is 8.69. The molecule has 3 N–H and O–H groups in total. The van der Waals surface area contributed by atoms with E-state index in [1.165, 1.54) is 23.4 Å². The van der Waals surface area contributed by atoms with Crippen LogP contribution in [-0.2, 0) is 9.59 Å². The van der Waals surface area contributed by atoms with E-state index >= 15 is 0 Å². The lowest BCUT2D eigenvalue weighted by molar-refractivity contribution is -0.115. The summed E-state index contributed by atoms with van der Waals surface area (Å²) < 4.78 is 0. The van der Waals surface area contributed by atoms with Gasteiger partial charge in [0, 0.05) is 21.8 Å². The maximum absolute atomic E-state index is 13.3. The van der Waals surface area contributed by atoms with E-state index < -0.39 is 11.8 Å². The summed E-state index contributed by atoms with van der Waals surface area (Å²) >= 11 is 13.9. The van der Waals surface area contributed by atoms with Gasteiger partial charge < -0.3 is 16.0 Å². The third-order valence-electron chi connectivity index (χ3n) is 6.45. The first-order valence-corrected chi connectivity index (χ1v) is 15.2. The van der Waals surface area contributed by atoms with Crippen molar-refractivity contribution in [2.45, 2.75) is 36.8 Å². The molecule has 0 aliphatic heterocycles. The van der Waals surface area contributed by atoms with Crippen LogP contribution in [0.15, 0.2) is 108 Å². The van der Waals surface area contributed by atoms with Crippen LogP contribution < -0.4 is 16.0 Å². The van der Waals surface area contributed by atoms with E-state index in [-0.39, 0.29) is 21.9 Å². The molecule has 0 bridgehead atoms. The van der Waals surface area contributed by atoms with E-state index in [4.69, 9.17) is 23.2 Å². The van der Waals surface area contributed by atoms with Crippen molar-refractivity contribution in [3.8, 4) is 0 Å². The minimum Gasteiger partial charge on any atom is -0.325 e. The number of nitrogens with one attached hydrogen (secondary N) is 3. The maximum Gasteiger partial charge on any atom is 0.272 e. The molecule has 0 saturated carbocycles. The zero-order chi connectivity index (χ0) is 30.9. The van der Waals surface area contributed by atoms with Crippen LogP contribution >= 0.6 is 35.0 Å². The zero-order valence-electron chi connectivity index (χ0n) is 23.9. The van der Waals surface area contributed by atoms with E-state index in [1.54, 1.807) is 60.7 Å². The Morgan fingerprint density at radius 3 is 2.02 bits per heavy atom. The van der Waals surface area contributed by atoms with Crippen LogP contribution in [0, 0.1) is 0 Å². The van der Waals surface area contributed by atoms with Gasteiger partial charge in [0.15, 0.2) is 0 Å². The number of hydrogen-bond acceptors (Lipinski definition) is 4. The third kappa shape index (κ3) is 8.97. The number of halogens is 2. The fourth-order valence-electron chi connectivity index (χ4n) is 4.00. The standard InChI is InChI=1S/C34H31Cl2N3O3S/c1-21(2)23-12-14-26(15-13-23)37-32(40)22(3)43-28-18-16-27(17-19-28)38-34(42)30(20-25-10-7-11-29(35)31(25)36)39-33(41)24-8-5-4-6-9-24/h4-22H,1-3H3,(H,37,40)(H,38,42)(H,39,41)/b30-20-. The third-order valence-corrected chi connectivity index (χ3v) is 8.39. The van der Waals surface area contributed by atoms with Crippen molar-refractivity contribution in [3.63, 3.8) is 0 Å². The molecule has 4 aromatic carbocycles. The van der Waals surface area contributed by atoms with Gasteiger partial charge in [0.2, 0.25) is 5.91 Å². The van der Waals surface area contributed by atoms with Crippen molar-refractivity contribution < 1.29 is 14.4 Å². The van der Waals surface area contributed by atoms with E-state index in [0.29, 0.717) is 27.8 Å². The Balaban J connectivity index is 1.43. The molecule has 220 valence electrons. The van der Waals surface area contributed by atoms with Crippen LogP contribution in [0.5, 0.6) is 0 Å². The zero-order valence-corrected chi connectivity index (χ0v) is 26.2. The summed E-state index contributed by atoms with van der Waals surface area (Å²) in [6.45, 7) is 6.09. The summed E-state index contributed by atoms with van der Waals surface area (Å²) in [6.07, 6.45) is 1.48. The molecule has 1 unspecified atom stereocenters. The van der Waals surface area contributed by atoms with Crippen molar-refractivity contribution >= 4 is 70.1 Å². The highest BCUT2D eigenvalue weighted by Gasteiger charge is 2.18. The van der Waals surface area contributed by atoms with Crippen molar-refractivity contribution in [2.75, 3.05) is 10.6 Å². The molecule has 3 amide bonds. The summed E-state index contributed by atoms with van der Waals surface area (Å²) in [5.41, 5.74) is 3.33.